The third-order valence-corrected chi connectivity index (χ3v) is 4.86. The van der Waals surface area contributed by atoms with Crippen molar-refractivity contribution >= 4 is 22.5 Å². The number of benzene rings is 2. The van der Waals surface area contributed by atoms with Gasteiger partial charge >= 0.3 is 0 Å². The third kappa shape index (κ3) is 4.14. The van der Waals surface area contributed by atoms with E-state index >= 15 is 0 Å². The Hall–Kier alpha value is -2.17. The molecule has 2 N–H and O–H groups in total. The van der Waals surface area contributed by atoms with Gasteiger partial charge in [-0.25, -0.2) is 4.98 Å². The minimum atomic E-state index is -0.142. The molecule has 1 atom stereocenters. The van der Waals surface area contributed by atoms with Gasteiger partial charge in [0.15, 0.2) is 0 Å². The van der Waals surface area contributed by atoms with Crippen LogP contribution in [0.15, 0.2) is 47.3 Å². The number of halogens is 1. The molecule has 26 heavy (non-hydrogen) atoms. The summed E-state index contributed by atoms with van der Waals surface area (Å²) in [5, 5.41) is 4.65. The third-order valence-electron chi connectivity index (χ3n) is 4.62. The summed E-state index contributed by atoms with van der Waals surface area (Å²) < 4.78 is 0. The molecule has 0 unspecified atom stereocenters. The van der Waals surface area contributed by atoms with Crippen molar-refractivity contribution in [2.24, 2.45) is 5.92 Å². The Morgan fingerprint density at radius 3 is 2.54 bits per heavy atom. The molecular weight excluding hydrogens is 346 g/mol. The van der Waals surface area contributed by atoms with Crippen LogP contribution in [-0.4, -0.2) is 9.97 Å². The Bertz CT molecular complexity index is 948. The van der Waals surface area contributed by atoms with Crippen molar-refractivity contribution in [2.45, 2.75) is 39.8 Å². The van der Waals surface area contributed by atoms with E-state index in [9.17, 15) is 4.79 Å². The van der Waals surface area contributed by atoms with Crippen molar-refractivity contribution in [3.05, 3.63) is 74.8 Å². The fourth-order valence-corrected chi connectivity index (χ4v) is 3.32. The van der Waals surface area contributed by atoms with Crippen LogP contribution in [0.4, 0.5) is 0 Å². The lowest BCUT2D eigenvalue weighted by Gasteiger charge is -2.23. The zero-order valence-electron chi connectivity index (χ0n) is 15.3. The van der Waals surface area contributed by atoms with Gasteiger partial charge in [0.2, 0.25) is 0 Å². The molecule has 5 heteroatoms. The molecule has 0 aliphatic carbocycles. The van der Waals surface area contributed by atoms with Gasteiger partial charge < -0.3 is 10.3 Å². The lowest BCUT2D eigenvalue weighted by Crippen LogP contribution is -2.27. The Labute approximate surface area is 158 Å². The van der Waals surface area contributed by atoms with Crippen LogP contribution in [0, 0.1) is 5.92 Å². The number of hydrogen-bond acceptors (Lipinski definition) is 3. The van der Waals surface area contributed by atoms with E-state index in [4.69, 9.17) is 11.6 Å². The van der Waals surface area contributed by atoms with E-state index < -0.39 is 0 Å². The highest BCUT2D eigenvalue weighted by Gasteiger charge is 2.16. The SMILES string of the molecule is CCc1ccc([C@H](NCc2nc3cc(Cl)ccc3c(=O)[nH]2)C(C)C)cc1. The highest BCUT2D eigenvalue weighted by molar-refractivity contribution is 6.31. The second-order valence-electron chi connectivity index (χ2n) is 6.87. The Kier molecular flexibility index (Phi) is 5.74. The van der Waals surface area contributed by atoms with Gasteiger partial charge in [-0.05, 0) is 41.7 Å². The van der Waals surface area contributed by atoms with Crippen LogP contribution in [0.1, 0.15) is 43.8 Å². The fraction of sp³-hybridized carbons (Fsp3) is 0.333. The first-order valence-corrected chi connectivity index (χ1v) is 9.36. The van der Waals surface area contributed by atoms with Gasteiger partial charge in [-0.1, -0.05) is 56.6 Å². The van der Waals surface area contributed by atoms with Crippen LogP contribution in [0.2, 0.25) is 5.02 Å². The summed E-state index contributed by atoms with van der Waals surface area (Å²) in [6, 6.07) is 14.0. The van der Waals surface area contributed by atoms with E-state index in [2.05, 4.69) is 60.3 Å². The Morgan fingerprint density at radius 1 is 1.15 bits per heavy atom. The molecule has 0 aliphatic rings. The molecular formula is C21H24ClN3O. The number of hydrogen-bond donors (Lipinski definition) is 2. The molecule has 0 saturated heterocycles. The van der Waals surface area contributed by atoms with Gasteiger partial charge in [-0.2, -0.15) is 0 Å². The van der Waals surface area contributed by atoms with E-state index in [0.29, 0.717) is 34.2 Å². The second-order valence-corrected chi connectivity index (χ2v) is 7.31. The summed E-state index contributed by atoms with van der Waals surface area (Å²) in [4.78, 5) is 19.7. The van der Waals surface area contributed by atoms with Crippen LogP contribution in [0.5, 0.6) is 0 Å². The molecule has 4 nitrogen and oxygen atoms in total. The summed E-state index contributed by atoms with van der Waals surface area (Å²) in [5.74, 6) is 1.02. The molecule has 2 aromatic carbocycles. The smallest absolute Gasteiger partial charge is 0.258 e. The molecule has 0 bridgehead atoms. The molecule has 3 aromatic rings. The number of aryl methyl sites for hydroxylation is 1. The lowest BCUT2D eigenvalue weighted by molar-refractivity contribution is 0.406. The van der Waals surface area contributed by atoms with Crippen LogP contribution in [0.3, 0.4) is 0 Å². The number of aromatic amines is 1. The minimum Gasteiger partial charge on any atom is -0.309 e. The first-order chi connectivity index (χ1) is 12.5. The number of rotatable bonds is 6. The zero-order valence-corrected chi connectivity index (χ0v) is 16.1. The Morgan fingerprint density at radius 2 is 1.88 bits per heavy atom. The molecule has 136 valence electrons. The number of nitrogens with zero attached hydrogens (tertiary/aromatic N) is 1. The quantitative estimate of drug-likeness (QED) is 0.666. The molecule has 0 radical (unpaired) electrons. The summed E-state index contributed by atoms with van der Waals surface area (Å²) in [7, 11) is 0. The standard InChI is InChI=1S/C21H24ClN3O/c1-4-14-5-7-15(8-6-14)20(13(2)3)23-12-19-24-18-11-16(22)9-10-17(18)21(26)25-19/h5-11,13,20,23H,4,12H2,1-3H3,(H,24,25,26)/t20-/m1/s1. The van der Waals surface area contributed by atoms with Gasteiger partial charge in [0, 0.05) is 11.1 Å². The molecule has 0 spiro atoms. The van der Waals surface area contributed by atoms with Crippen molar-refractivity contribution < 1.29 is 0 Å². The number of H-pyrrole nitrogens is 1. The van der Waals surface area contributed by atoms with Gasteiger partial charge in [-0.3, -0.25) is 4.79 Å². The predicted molar refractivity (Wildman–Crippen MR) is 108 cm³/mol. The maximum absolute atomic E-state index is 12.3. The molecule has 0 amide bonds. The highest BCUT2D eigenvalue weighted by Crippen LogP contribution is 2.23. The van der Waals surface area contributed by atoms with Gasteiger partial charge in [0.05, 0.1) is 17.4 Å². The van der Waals surface area contributed by atoms with Gasteiger partial charge in [0.1, 0.15) is 5.82 Å². The summed E-state index contributed by atoms with van der Waals surface area (Å²) in [5.41, 5.74) is 3.04. The van der Waals surface area contributed by atoms with E-state index in [0.717, 1.165) is 6.42 Å². The van der Waals surface area contributed by atoms with Crippen molar-refractivity contribution in [1.29, 1.82) is 0 Å². The number of nitrogens with one attached hydrogen (secondary N) is 2. The normalized spacial score (nSPS) is 12.7. The molecule has 0 saturated carbocycles. The first-order valence-electron chi connectivity index (χ1n) is 8.98. The molecule has 1 heterocycles. The predicted octanol–water partition coefficient (Wildman–Crippen LogP) is 4.63. The van der Waals surface area contributed by atoms with Gasteiger partial charge in [-0.15, -0.1) is 0 Å². The van der Waals surface area contributed by atoms with Crippen molar-refractivity contribution in [2.75, 3.05) is 0 Å². The largest absolute Gasteiger partial charge is 0.309 e. The average Bonchev–Trinajstić information content (AvgIpc) is 2.61. The van der Waals surface area contributed by atoms with Gasteiger partial charge in [0.25, 0.3) is 5.56 Å². The molecule has 0 aliphatic heterocycles. The monoisotopic (exact) mass is 369 g/mol. The maximum atomic E-state index is 12.3. The molecule has 3 rings (SSSR count). The van der Waals surface area contributed by atoms with Crippen molar-refractivity contribution in [3.63, 3.8) is 0 Å². The average molecular weight is 370 g/mol. The maximum Gasteiger partial charge on any atom is 0.258 e. The Balaban J connectivity index is 1.82. The van der Waals surface area contributed by atoms with E-state index in [1.54, 1.807) is 18.2 Å². The van der Waals surface area contributed by atoms with E-state index in [1.165, 1.54) is 11.1 Å². The van der Waals surface area contributed by atoms with Crippen molar-refractivity contribution in [3.8, 4) is 0 Å². The summed E-state index contributed by atoms with van der Waals surface area (Å²) >= 11 is 6.03. The zero-order chi connectivity index (χ0) is 18.7. The van der Waals surface area contributed by atoms with Crippen LogP contribution >= 0.6 is 11.6 Å². The van der Waals surface area contributed by atoms with Crippen LogP contribution in [0.25, 0.3) is 10.9 Å². The van der Waals surface area contributed by atoms with E-state index in [-0.39, 0.29) is 11.6 Å². The van der Waals surface area contributed by atoms with Crippen LogP contribution in [-0.2, 0) is 13.0 Å². The molecule has 0 fully saturated rings. The first kappa shape index (κ1) is 18.6. The summed E-state index contributed by atoms with van der Waals surface area (Å²) in [6.45, 7) is 7.00. The fourth-order valence-electron chi connectivity index (χ4n) is 3.15. The topological polar surface area (TPSA) is 57.8 Å². The lowest BCUT2D eigenvalue weighted by atomic mass is 9.95. The summed E-state index contributed by atoms with van der Waals surface area (Å²) in [6.07, 6.45) is 1.03. The van der Waals surface area contributed by atoms with Crippen LogP contribution < -0.4 is 10.9 Å². The number of aromatic nitrogens is 2. The van der Waals surface area contributed by atoms with E-state index in [1.807, 2.05) is 0 Å². The highest BCUT2D eigenvalue weighted by atomic mass is 35.5. The van der Waals surface area contributed by atoms with Crippen molar-refractivity contribution in [1.82, 2.24) is 15.3 Å². The molecule has 1 aromatic heterocycles. The number of fused-ring (bicyclic) bond motifs is 1. The second kappa shape index (κ2) is 8.02. The minimum absolute atomic E-state index is 0.142.